The second-order valence-corrected chi connectivity index (χ2v) is 9.67. The van der Waals surface area contributed by atoms with E-state index in [4.69, 9.17) is 4.74 Å². The van der Waals surface area contributed by atoms with Gasteiger partial charge in [0, 0.05) is 36.8 Å². The van der Waals surface area contributed by atoms with Crippen LogP contribution in [0.3, 0.4) is 0 Å². The van der Waals surface area contributed by atoms with Gasteiger partial charge >= 0.3 is 6.03 Å². The summed E-state index contributed by atoms with van der Waals surface area (Å²) in [7, 11) is 1.48. The van der Waals surface area contributed by atoms with Gasteiger partial charge in [-0.05, 0) is 37.3 Å². The van der Waals surface area contributed by atoms with Crippen molar-refractivity contribution >= 4 is 28.7 Å². The van der Waals surface area contributed by atoms with Crippen molar-refractivity contribution in [3.05, 3.63) is 53.8 Å². The first kappa shape index (κ1) is 27.0. The van der Waals surface area contributed by atoms with E-state index in [2.05, 4.69) is 10.6 Å². The average molecular weight is 511 g/mol. The first-order valence-electron chi connectivity index (χ1n) is 11.1. The number of carbonyl (C=O) groups excluding carboxylic acids is 1. The van der Waals surface area contributed by atoms with Crippen LogP contribution in [-0.4, -0.2) is 73.1 Å². The standard InChI is InChI=1S/C23H31FN4O6S/c1-14-11-28(15(2)13-29)22(30)18-5-4-6-19(21(18)34-20(14)12-27(3)35(32)33)26-23(31)25-17-9-7-16(24)8-10-17/h4-10,14-15,20,22,29-30H,11-13H2,1-3H3,(H,32,33)(H2,25,26,31). The van der Waals surface area contributed by atoms with Crippen LogP contribution in [0.15, 0.2) is 42.5 Å². The maximum absolute atomic E-state index is 13.2. The van der Waals surface area contributed by atoms with Gasteiger partial charge in [-0.25, -0.2) is 17.7 Å². The van der Waals surface area contributed by atoms with Crippen molar-refractivity contribution < 1.29 is 32.9 Å². The number of halogens is 1. The zero-order valence-electron chi connectivity index (χ0n) is 19.7. The van der Waals surface area contributed by atoms with Crippen LogP contribution in [0.4, 0.5) is 20.6 Å². The molecule has 0 spiro atoms. The first-order valence-corrected chi connectivity index (χ1v) is 12.2. The minimum absolute atomic E-state index is 0.0945. The van der Waals surface area contributed by atoms with E-state index in [0.717, 1.165) is 0 Å². The van der Waals surface area contributed by atoms with Crippen LogP contribution in [0.5, 0.6) is 5.75 Å². The summed E-state index contributed by atoms with van der Waals surface area (Å²) in [5.74, 6) is -0.449. The second kappa shape index (κ2) is 11.9. The Balaban J connectivity index is 1.96. The molecule has 5 atom stereocenters. The topological polar surface area (TPSA) is 135 Å². The first-order chi connectivity index (χ1) is 16.6. The van der Waals surface area contributed by atoms with Crippen LogP contribution >= 0.6 is 0 Å². The quantitative estimate of drug-likeness (QED) is 0.362. The maximum atomic E-state index is 13.2. The fraction of sp³-hybridized carbons (Fsp3) is 0.435. The number of anilines is 2. The van der Waals surface area contributed by atoms with E-state index in [-0.39, 0.29) is 36.5 Å². The van der Waals surface area contributed by atoms with E-state index in [1.54, 1.807) is 30.0 Å². The summed E-state index contributed by atoms with van der Waals surface area (Å²) in [5, 5.41) is 26.3. The predicted molar refractivity (Wildman–Crippen MR) is 131 cm³/mol. The monoisotopic (exact) mass is 510 g/mol. The van der Waals surface area contributed by atoms with Crippen molar-refractivity contribution in [3.8, 4) is 5.75 Å². The smallest absolute Gasteiger partial charge is 0.323 e. The van der Waals surface area contributed by atoms with Crippen molar-refractivity contribution in [2.24, 2.45) is 5.92 Å². The summed E-state index contributed by atoms with van der Waals surface area (Å²) >= 11 is -2.22. The molecule has 12 heteroatoms. The Labute approximate surface area is 206 Å². The predicted octanol–water partition coefficient (Wildman–Crippen LogP) is 2.61. The largest absolute Gasteiger partial charge is 0.486 e. The molecule has 3 rings (SSSR count). The number of nitrogens with one attached hydrogen (secondary N) is 2. The number of urea groups is 1. The summed E-state index contributed by atoms with van der Waals surface area (Å²) in [6.45, 7) is 3.91. The molecule has 1 aliphatic rings. The number of aliphatic hydroxyl groups is 2. The van der Waals surface area contributed by atoms with Crippen LogP contribution in [0, 0.1) is 11.7 Å². The van der Waals surface area contributed by atoms with Gasteiger partial charge in [0.15, 0.2) is 5.75 Å². The Hall–Kier alpha value is -2.61. The molecule has 0 aliphatic carbocycles. The molecule has 5 unspecified atom stereocenters. The highest BCUT2D eigenvalue weighted by atomic mass is 32.2. The highest BCUT2D eigenvalue weighted by Gasteiger charge is 2.35. The SMILES string of the molecule is CC1CN(C(C)CO)C(O)c2cccc(NC(=O)Nc3ccc(F)cc3)c2OC1CN(C)S(=O)O. The summed E-state index contributed by atoms with van der Waals surface area (Å²) < 4.78 is 41.7. The number of fused-ring (bicyclic) bond motifs is 1. The summed E-state index contributed by atoms with van der Waals surface area (Å²) in [4.78, 5) is 14.4. The Kier molecular flexibility index (Phi) is 9.16. The number of likely N-dealkylation sites (N-methyl/N-ethyl adjacent to an activating group) is 1. The third kappa shape index (κ3) is 6.75. The number of amides is 2. The van der Waals surface area contributed by atoms with E-state index in [0.29, 0.717) is 17.8 Å². The Morgan fingerprint density at radius 2 is 1.97 bits per heavy atom. The zero-order valence-corrected chi connectivity index (χ0v) is 20.5. The lowest BCUT2D eigenvalue weighted by atomic mass is 9.99. The Morgan fingerprint density at radius 1 is 1.29 bits per heavy atom. The zero-order chi connectivity index (χ0) is 25.7. The molecule has 0 bridgehead atoms. The number of aliphatic hydroxyl groups excluding tert-OH is 2. The lowest BCUT2D eigenvalue weighted by molar-refractivity contribution is -0.0643. The molecule has 5 N–H and O–H groups in total. The molecular weight excluding hydrogens is 479 g/mol. The summed E-state index contributed by atoms with van der Waals surface area (Å²) in [6, 6.07) is 9.19. The summed E-state index contributed by atoms with van der Waals surface area (Å²) in [5.41, 5.74) is 1.02. The fourth-order valence-corrected chi connectivity index (χ4v) is 4.14. The van der Waals surface area contributed by atoms with E-state index in [1.807, 2.05) is 6.92 Å². The van der Waals surface area contributed by atoms with Crippen molar-refractivity contribution in [3.63, 3.8) is 0 Å². The van der Waals surface area contributed by atoms with Gasteiger partial charge in [-0.1, -0.05) is 19.1 Å². The molecule has 1 aliphatic heterocycles. The van der Waals surface area contributed by atoms with Gasteiger partial charge in [-0.15, -0.1) is 0 Å². The van der Waals surface area contributed by atoms with Gasteiger partial charge in [-0.2, -0.15) is 0 Å². The molecule has 35 heavy (non-hydrogen) atoms. The lowest BCUT2D eigenvalue weighted by Crippen LogP contribution is -2.48. The third-order valence-electron chi connectivity index (χ3n) is 5.92. The van der Waals surface area contributed by atoms with E-state index < -0.39 is 35.4 Å². The van der Waals surface area contributed by atoms with Crippen LogP contribution in [-0.2, 0) is 11.3 Å². The average Bonchev–Trinajstić information content (AvgIpc) is 2.82. The molecule has 10 nitrogen and oxygen atoms in total. The molecule has 0 saturated carbocycles. The number of ether oxygens (including phenoxy) is 1. The number of rotatable bonds is 7. The highest BCUT2D eigenvalue weighted by Crippen LogP contribution is 2.39. The van der Waals surface area contributed by atoms with Crippen LogP contribution in [0.25, 0.3) is 0 Å². The summed E-state index contributed by atoms with van der Waals surface area (Å²) in [6.07, 6.45) is -1.72. The van der Waals surface area contributed by atoms with Crippen molar-refractivity contribution in [1.82, 2.24) is 9.21 Å². The fourth-order valence-electron chi connectivity index (χ4n) is 3.86. The van der Waals surface area contributed by atoms with E-state index >= 15 is 0 Å². The number of benzene rings is 2. The molecule has 2 amide bonds. The van der Waals surface area contributed by atoms with Gasteiger partial charge in [0.05, 0.1) is 18.8 Å². The van der Waals surface area contributed by atoms with Crippen LogP contribution in [0.1, 0.15) is 25.6 Å². The second-order valence-electron chi connectivity index (χ2n) is 8.59. The van der Waals surface area contributed by atoms with Crippen molar-refractivity contribution in [2.45, 2.75) is 32.2 Å². The molecule has 0 fully saturated rings. The molecule has 2 aromatic carbocycles. The lowest BCUT2D eigenvalue weighted by Gasteiger charge is -2.41. The highest BCUT2D eigenvalue weighted by molar-refractivity contribution is 7.76. The maximum Gasteiger partial charge on any atom is 0.323 e. The molecular formula is C23H31FN4O6S. The molecule has 2 aromatic rings. The van der Waals surface area contributed by atoms with Gasteiger partial charge in [0.25, 0.3) is 0 Å². The van der Waals surface area contributed by atoms with Crippen molar-refractivity contribution in [1.29, 1.82) is 0 Å². The van der Waals surface area contributed by atoms with Crippen LogP contribution < -0.4 is 15.4 Å². The van der Waals surface area contributed by atoms with Gasteiger partial charge in [-0.3, -0.25) is 9.45 Å². The molecule has 0 aromatic heterocycles. The minimum Gasteiger partial charge on any atom is -0.486 e. The van der Waals surface area contributed by atoms with E-state index in [9.17, 15) is 28.2 Å². The van der Waals surface area contributed by atoms with Crippen molar-refractivity contribution in [2.75, 3.05) is 37.4 Å². The Bertz CT molecular complexity index is 1040. The molecule has 1 heterocycles. The molecule has 0 saturated heterocycles. The normalized spacial score (nSPS) is 22.3. The van der Waals surface area contributed by atoms with Crippen LogP contribution in [0.2, 0.25) is 0 Å². The number of para-hydroxylation sites is 1. The van der Waals surface area contributed by atoms with Gasteiger partial charge in [0.2, 0.25) is 11.3 Å². The molecule has 0 radical (unpaired) electrons. The number of hydrogen-bond acceptors (Lipinski definition) is 6. The van der Waals surface area contributed by atoms with Gasteiger partial charge < -0.3 is 25.6 Å². The molecule has 192 valence electrons. The van der Waals surface area contributed by atoms with E-state index in [1.165, 1.54) is 35.6 Å². The number of hydrogen-bond donors (Lipinski definition) is 5. The Morgan fingerprint density at radius 3 is 2.60 bits per heavy atom. The number of nitrogens with zero attached hydrogens (tertiary/aromatic N) is 2. The van der Waals surface area contributed by atoms with Gasteiger partial charge in [0.1, 0.15) is 18.1 Å². The minimum atomic E-state index is -2.22. The number of carbonyl (C=O) groups is 1. The third-order valence-corrected chi connectivity index (χ3v) is 6.61.